The van der Waals surface area contributed by atoms with Crippen LogP contribution in [0.15, 0.2) is 0 Å². The van der Waals surface area contributed by atoms with Gasteiger partial charge in [-0.25, -0.2) is 0 Å². The summed E-state index contributed by atoms with van der Waals surface area (Å²) in [5.74, 6) is 1.15. The number of rotatable bonds is 7. The number of carbonyl (C=O) groups excluding carboxylic acids is 1. The highest BCUT2D eigenvalue weighted by Gasteiger charge is 2.31. The van der Waals surface area contributed by atoms with Crippen LogP contribution < -0.4 is 0 Å². The van der Waals surface area contributed by atoms with E-state index in [-0.39, 0.29) is 17.9 Å². The number of unbranched alkanes of at least 4 members (excludes halogenated alkanes) is 2. The molecule has 3 unspecified atom stereocenters. The van der Waals surface area contributed by atoms with Gasteiger partial charge in [0.1, 0.15) is 0 Å². The Balaban J connectivity index is 2.59. The van der Waals surface area contributed by atoms with E-state index in [4.69, 9.17) is 0 Å². The van der Waals surface area contributed by atoms with E-state index >= 15 is 0 Å². The van der Waals surface area contributed by atoms with Crippen molar-refractivity contribution >= 4 is 5.91 Å². The SMILES string of the molecule is CCCCCC(C(=O)N1CCCC(C(C)O)C1)C(C)C. The third-order valence-electron chi connectivity index (χ3n) is 4.69. The minimum Gasteiger partial charge on any atom is -0.393 e. The summed E-state index contributed by atoms with van der Waals surface area (Å²) in [6, 6.07) is 0. The Morgan fingerprint density at radius 1 is 1.30 bits per heavy atom. The standard InChI is InChI=1S/C17H33NO2/c1-5-6-7-10-16(13(2)3)17(20)18-11-8-9-15(12-18)14(4)19/h13-16,19H,5-12H2,1-4H3. The molecule has 0 bridgehead atoms. The van der Waals surface area contributed by atoms with Gasteiger partial charge in [0.2, 0.25) is 5.91 Å². The number of aliphatic hydroxyl groups is 1. The van der Waals surface area contributed by atoms with Gasteiger partial charge < -0.3 is 10.0 Å². The van der Waals surface area contributed by atoms with Crippen LogP contribution in [0.3, 0.4) is 0 Å². The highest BCUT2D eigenvalue weighted by atomic mass is 16.3. The zero-order valence-corrected chi connectivity index (χ0v) is 13.8. The van der Waals surface area contributed by atoms with Crippen LogP contribution in [0.2, 0.25) is 0 Å². The molecular formula is C17H33NO2. The zero-order valence-electron chi connectivity index (χ0n) is 13.8. The minimum atomic E-state index is -0.303. The van der Waals surface area contributed by atoms with Crippen molar-refractivity contribution in [1.82, 2.24) is 4.90 Å². The summed E-state index contributed by atoms with van der Waals surface area (Å²) in [6.45, 7) is 9.98. The Hall–Kier alpha value is -0.570. The summed E-state index contributed by atoms with van der Waals surface area (Å²) >= 11 is 0. The maximum atomic E-state index is 12.7. The fraction of sp³-hybridized carbons (Fsp3) is 0.941. The molecule has 1 amide bonds. The van der Waals surface area contributed by atoms with E-state index in [1.807, 2.05) is 11.8 Å². The van der Waals surface area contributed by atoms with E-state index in [0.717, 1.165) is 38.8 Å². The molecule has 3 heteroatoms. The van der Waals surface area contributed by atoms with Gasteiger partial charge in [-0.2, -0.15) is 0 Å². The predicted octanol–water partition coefficient (Wildman–Crippen LogP) is 3.46. The number of piperidine rings is 1. The second-order valence-electron chi connectivity index (χ2n) is 6.77. The summed E-state index contributed by atoms with van der Waals surface area (Å²) in [7, 11) is 0. The normalized spacial score (nSPS) is 22.9. The Bertz CT molecular complexity index is 289. The topological polar surface area (TPSA) is 40.5 Å². The molecule has 1 heterocycles. The van der Waals surface area contributed by atoms with Crippen LogP contribution in [0.25, 0.3) is 0 Å². The molecule has 0 radical (unpaired) electrons. The van der Waals surface area contributed by atoms with Gasteiger partial charge in [-0.15, -0.1) is 0 Å². The first-order valence-corrected chi connectivity index (χ1v) is 8.44. The molecule has 0 aromatic rings. The largest absolute Gasteiger partial charge is 0.393 e. The lowest BCUT2D eigenvalue weighted by Gasteiger charge is -2.37. The molecule has 118 valence electrons. The van der Waals surface area contributed by atoms with Gasteiger partial charge in [0, 0.05) is 24.9 Å². The molecule has 1 saturated heterocycles. The van der Waals surface area contributed by atoms with Crippen LogP contribution in [-0.4, -0.2) is 35.1 Å². The van der Waals surface area contributed by atoms with E-state index in [2.05, 4.69) is 20.8 Å². The molecule has 1 N–H and O–H groups in total. The molecule has 3 nitrogen and oxygen atoms in total. The first-order valence-electron chi connectivity index (χ1n) is 8.44. The van der Waals surface area contributed by atoms with Crippen molar-refractivity contribution in [2.24, 2.45) is 17.8 Å². The minimum absolute atomic E-state index is 0.161. The number of hydrogen-bond acceptors (Lipinski definition) is 2. The van der Waals surface area contributed by atoms with Gasteiger partial charge in [-0.3, -0.25) is 4.79 Å². The van der Waals surface area contributed by atoms with Crippen LogP contribution >= 0.6 is 0 Å². The van der Waals surface area contributed by atoms with Crippen molar-refractivity contribution in [2.75, 3.05) is 13.1 Å². The fourth-order valence-electron chi connectivity index (χ4n) is 3.19. The van der Waals surface area contributed by atoms with E-state index in [0.29, 0.717) is 11.8 Å². The number of hydrogen-bond donors (Lipinski definition) is 1. The molecule has 0 aromatic carbocycles. The van der Waals surface area contributed by atoms with E-state index in [9.17, 15) is 9.90 Å². The average Bonchev–Trinajstić information content (AvgIpc) is 2.42. The molecule has 0 aliphatic carbocycles. The van der Waals surface area contributed by atoms with Gasteiger partial charge in [-0.05, 0) is 32.1 Å². The Kier molecular flexibility index (Phi) is 7.57. The molecule has 0 saturated carbocycles. The number of carbonyl (C=O) groups is 1. The maximum absolute atomic E-state index is 12.7. The summed E-state index contributed by atoms with van der Waals surface area (Å²) in [5.41, 5.74) is 0. The van der Waals surface area contributed by atoms with Gasteiger partial charge in [0.15, 0.2) is 0 Å². The Morgan fingerprint density at radius 2 is 2.00 bits per heavy atom. The first-order chi connectivity index (χ1) is 9.47. The lowest BCUT2D eigenvalue weighted by atomic mass is 9.87. The monoisotopic (exact) mass is 283 g/mol. The van der Waals surface area contributed by atoms with Crippen LogP contribution in [0.4, 0.5) is 0 Å². The zero-order chi connectivity index (χ0) is 15.1. The molecule has 20 heavy (non-hydrogen) atoms. The molecule has 1 aliphatic rings. The highest BCUT2D eigenvalue weighted by molar-refractivity contribution is 5.79. The maximum Gasteiger partial charge on any atom is 0.225 e. The van der Waals surface area contributed by atoms with Gasteiger partial charge in [0.05, 0.1) is 6.10 Å². The second-order valence-corrected chi connectivity index (χ2v) is 6.77. The van der Waals surface area contributed by atoms with E-state index in [1.165, 1.54) is 12.8 Å². The molecule has 1 fully saturated rings. The summed E-state index contributed by atoms with van der Waals surface area (Å²) in [6.07, 6.45) is 6.35. The van der Waals surface area contributed by atoms with Crippen molar-refractivity contribution in [1.29, 1.82) is 0 Å². The number of aliphatic hydroxyl groups excluding tert-OH is 1. The van der Waals surface area contributed by atoms with Crippen molar-refractivity contribution in [2.45, 2.75) is 72.3 Å². The summed E-state index contributed by atoms with van der Waals surface area (Å²) in [5, 5.41) is 9.76. The fourth-order valence-corrected chi connectivity index (χ4v) is 3.19. The van der Waals surface area contributed by atoms with Crippen LogP contribution in [0.1, 0.15) is 66.2 Å². The van der Waals surface area contributed by atoms with Gasteiger partial charge in [-0.1, -0.05) is 40.0 Å². The van der Waals surface area contributed by atoms with Crippen molar-refractivity contribution in [3.8, 4) is 0 Å². The Labute approximate surface area is 124 Å². The van der Waals surface area contributed by atoms with Gasteiger partial charge in [0.25, 0.3) is 0 Å². The molecule has 0 spiro atoms. The van der Waals surface area contributed by atoms with Crippen LogP contribution in [-0.2, 0) is 4.79 Å². The number of amides is 1. The molecule has 1 aliphatic heterocycles. The summed E-state index contributed by atoms with van der Waals surface area (Å²) in [4.78, 5) is 14.8. The third kappa shape index (κ3) is 5.08. The molecule has 3 atom stereocenters. The average molecular weight is 283 g/mol. The third-order valence-corrected chi connectivity index (χ3v) is 4.69. The molecule has 1 rings (SSSR count). The molecule has 0 aromatic heterocycles. The lowest BCUT2D eigenvalue weighted by Crippen LogP contribution is -2.46. The van der Waals surface area contributed by atoms with Crippen molar-refractivity contribution in [3.63, 3.8) is 0 Å². The Morgan fingerprint density at radius 3 is 2.55 bits per heavy atom. The first kappa shape index (κ1) is 17.5. The van der Waals surface area contributed by atoms with Crippen molar-refractivity contribution < 1.29 is 9.90 Å². The number of likely N-dealkylation sites (tertiary alicyclic amines) is 1. The number of nitrogens with zero attached hydrogens (tertiary/aromatic N) is 1. The quantitative estimate of drug-likeness (QED) is 0.727. The second kappa shape index (κ2) is 8.66. The molecular weight excluding hydrogens is 250 g/mol. The van der Waals surface area contributed by atoms with E-state index in [1.54, 1.807) is 0 Å². The van der Waals surface area contributed by atoms with E-state index < -0.39 is 0 Å². The lowest BCUT2D eigenvalue weighted by molar-refractivity contribution is -0.140. The smallest absolute Gasteiger partial charge is 0.225 e. The highest BCUT2D eigenvalue weighted by Crippen LogP contribution is 2.26. The van der Waals surface area contributed by atoms with Crippen LogP contribution in [0.5, 0.6) is 0 Å². The van der Waals surface area contributed by atoms with Crippen molar-refractivity contribution in [3.05, 3.63) is 0 Å². The van der Waals surface area contributed by atoms with Gasteiger partial charge >= 0.3 is 0 Å². The summed E-state index contributed by atoms with van der Waals surface area (Å²) < 4.78 is 0. The van der Waals surface area contributed by atoms with Crippen LogP contribution in [0, 0.1) is 17.8 Å². The predicted molar refractivity (Wildman–Crippen MR) is 83.5 cm³/mol.